The van der Waals surface area contributed by atoms with Crippen molar-refractivity contribution < 1.29 is 13.9 Å². The highest BCUT2D eigenvalue weighted by molar-refractivity contribution is 9.10. The molecule has 1 aliphatic heterocycles. The molecule has 0 bridgehead atoms. The van der Waals surface area contributed by atoms with Crippen molar-refractivity contribution in [1.29, 1.82) is 0 Å². The minimum atomic E-state index is -0.482. The minimum absolute atomic E-state index is 0.222. The van der Waals surface area contributed by atoms with Crippen LogP contribution in [0.2, 0.25) is 0 Å². The molecule has 0 spiro atoms. The molecule has 0 saturated heterocycles. The molecule has 0 saturated carbocycles. The third-order valence-electron chi connectivity index (χ3n) is 4.03. The van der Waals surface area contributed by atoms with Crippen LogP contribution in [0.25, 0.3) is 17.4 Å². The quantitative estimate of drug-likeness (QED) is 0.433. The SMILES string of the molecule is Cc1ccccc1C1=N/C(=C/c2ccc(-c3ccc(Br)cc3)o2)C(=O)O1. The van der Waals surface area contributed by atoms with Gasteiger partial charge in [0, 0.05) is 21.7 Å². The van der Waals surface area contributed by atoms with E-state index in [1.807, 2.05) is 61.5 Å². The van der Waals surface area contributed by atoms with Crippen molar-refractivity contribution in [2.75, 3.05) is 0 Å². The molecule has 128 valence electrons. The predicted molar refractivity (Wildman–Crippen MR) is 104 cm³/mol. The van der Waals surface area contributed by atoms with Gasteiger partial charge in [-0.3, -0.25) is 0 Å². The number of aliphatic imine (C=N–C) groups is 1. The lowest BCUT2D eigenvalue weighted by Gasteiger charge is -2.02. The number of esters is 1. The van der Waals surface area contributed by atoms with E-state index in [4.69, 9.17) is 9.15 Å². The Morgan fingerprint density at radius 1 is 1.00 bits per heavy atom. The van der Waals surface area contributed by atoms with Crippen molar-refractivity contribution in [1.82, 2.24) is 0 Å². The van der Waals surface area contributed by atoms with E-state index in [1.165, 1.54) is 0 Å². The number of benzene rings is 2. The van der Waals surface area contributed by atoms with Gasteiger partial charge in [-0.05, 0) is 42.8 Å². The number of aryl methyl sites for hydroxylation is 1. The Labute approximate surface area is 159 Å². The Hall–Kier alpha value is -2.92. The highest BCUT2D eigenvalue weighted by Gasteiger charge is 2.25. The summed E-state index contributed by atoms with van der Waals surface area (Å²) >= 11 is 3.41. The van der Waals surface area contributed by atoms with E-state index in [0.717, 1.165) is 26.9 Å². The summed E-state index contributed by atoms with van der Waals surface area (Å²) in [6.45, 7) is 1.95. The number of ether oxygens (including phenoxy) is 1. The summed E-state index contributed by atoms with van der Waals surface area (Å²) in [5.74, 6) is 1.10. The van der Waals surface area contributed by atoms with Gasteiger partial charge < -0.3 is 9.15 Å². The number of nitrogens with zero attached hydrogens (tertiary/aromatic N) is 1. The zero-order valence-corrected chi connectivity index (χ0v) is 15.5. The van der Waals surface area contributed by atoms with Crippen LogP contribution >= 0.6 is 15.9 Å². The molecule has 4 nitrogen and oxygen atoms in total. The van der Waals surface area contributed by atoms with Crippen molar-refractivity contribution in [3.05, 3.63) is 87.7 Å². The smallest absolute Gasteiger partial charge is 0.363 e. The average molecular weight is 408 g/mol. The highest BCUT2D eigenvalue weighted by Crippen LogP contribution is 2.26. The van der Waals surface area contributed by atoms with Crippen LogP contribution in [-0.2, 0) is 9.53 Å². The van der Waals surface area contributed by atoms with Gasteiger partial charge in [-0.1, -0.05) is 46.3 Å². The number of hydrogen-bond acceptors (Lipinski definition) is 4. The Bertz CT molecular complexity index is 1050. The maximum absolute atomic E-state index is 12.1. The molecule has 0 atom stereocenters. The normalized spacial score (nSPS) is 15.2. The van der Waals surface area contributed by atoms with Gasteiger partial charge in [-0.2, -0.15) is 0 Å². The number of halogens is 1. The Morgan fingerprint density at radius 3 is 2.54 bits per heavy atom. The molecule has 1 aliphatic rings. The summed E-state index contributed by atoms with van der Waals surface area (Å²) < 4.78 is 12.1. The lowest BCUT2D eigenvalue weighted by atomic mass is 10.1. The lowest BCUT2D eigenvalue weighted by molar-refractivity contribution is -0.129. The van der Waals surface area contributed by atoms with Crippen molar-refractivity contribution in [2.45, 2.75) is 6.92 Å². The number of cyclic esters (lactones) is 1. The molecular weight excluding hydrogens is 394 g/mol. The molecule has 5 heteroatoms. The van der Waals surface area contributed by atoms with Gasteiger partial charge in [0.2, 0.25) is 5.90 Å². The molecule has 0 unspecified atom stereocenters. The van der Waals surface area contributed by atoms with E-state index in [9.17, 15) is 4.79 Å². The first-order valence-electron chi connectivity index (χ1n) is 8.04. The van der Waals surface area contributed by atoms with Gasteiger partial charge in [-0.15, -0.1) is 0 Å². The number of carbonyl (C=O) groups is 1. The second-order valence-electron chi connectivity index (χ2n) is 5.86. The topological polar surface area (TPSA) is 51.8 Å². The molecule has 2 heterocycles. The zero-order valence-electron chi connectivity index (χ0n) is 13.9. The van der Waals surface area contributed by atoms with Crippen LogP contribution in [0.1, 0.15) is 16.9 Å². The summed E-state index contributed by atoms with van der Waals surface area (Å²) in [6, 6.07) is 19.1. The van der Waals surface area contributed by atoms with Crippen LogP contribution in [0, 0.1) is 6.92 Å². The first kappa shape index (κ1) is 16.5. The average Bonchev–Trinajstić information content (AvgIpc) is 3.24. The van der Waals surface area contributed by atoms with Gasteiger partial charge in [0.25, 0.3) is 0 Å². The van der Waals surface area contributed by atoms with Gasteiger partial charge in [0.05, 0.1) is 0 Å². The molecule has 26 heavy (non-hydrogen) atoms. The van der Waals surface area contributed by atoms with Crippen molar-refractivity contribution in [3.8, 4) is 11.3 Å². The number of rotatable bonds is 3. The standard InChI is InChI=1S/C21H14BrNO3/c1-13-4-2-3-5-17(13)20-23-18(21(24)26-20)12-16-10-11-19(25-16)14-6-8-15(22)9-7-14/h2-12H,1H3/b18-12+. The van der Waals surface area contributed by atoms with E-state index < -0.39 is 5.97 Å². The van der Waals surface area contributed by atoms with E-state index in [-0.39, 0.29) is 5.70 Å². The minimum Gasteiger partial charge on any atom is -0.457 e. The Balaban J connectivity index is 1.63. The van der Waals surface area contributed by atoms with Gasteiger partial charge >= 0.3 is 5.97 Å². The summed E-state index contributed by atoms with van der Waals surface area (Å²) in [6.07, 6.45) is 1.59. The Kier molecular flexibility index (Phi) is 4.31. The monoisotopic (exact) mass is 407 g/mol. The molecular formula is C21H14BrNO3. The van der Waals surface area contributed by atoms with Crippen molar-refractivity contribution in [2.24, 2.45) is 4.99 Å². The van der Waals surface area contributed by atoms with Crippen LogP contribution < -0.4 is 0 Å². The summed E-state index contributed by atoms with van der Waals surface area (Å²) in [7, 11) is 0. The third-order valence-corrected chi connectivity index (χ3v) is 4.56. The molecule has 3 aromatic rings. The summed E-state index contributed by atoms with van der Waals surface area (Å²) in [5.41, 5.74) is 2.98. The van der Waals surface area contributed by atoms with Gasteiger partial charge in [0.15, 0.2) is 5.70 Å². The maximum atomic E-state index is 12.1. The van der Waals surface area contributed by atoms with Crippen molar-refractivity contribution >= 4 is 33.9 Å². The van der Waals surface area contributed by atoms with Crippen molar-refractivity contribution in [3.63, 3.8) is 0 Å². The van der Waals surface area contributed by atoms with E-state index >= 15 is 0 Å². The molecule has 0 fully saturated rings. The predicted octanol–water partition coefficient (Wildman–Crippen LogP) is 5.36. The van der Waals surface area contributed by atoms with Crippen LogP contribution in [0.5, 0.6) is 0 Å². The molecule has 0 aliphatic carbocycles. The van der Waals surface area contributed by atoms with Crippen LogP contribution in [-0.4, -0.2) is 11.9 Å². The highest BCUT2D eigenvalue weighted by atomic mass is 79.9. The maximum Gasteiger partial charge on any atom is 0.363 e. The van der Waals surface area contributed by atoms with E-state index in [0.29, 0.717) is 11.7 Å². The van der Waals surface area contributed by atoms with Gasteiger partial charge in [-0.25, -0.2) is 9.79 Å². The summed E-state index contributed by atoms with van der Waals surface area (Å²) in [4.78, 5) is 16.5. The van der Waals surface area contributed by atoms with E-state index in [1.54, 1.807) is 12.1 Å². The number of furan rings is 1. The first-order chi connectivity index (χ1) is 12.6. The Morgan fingerprint density at radius 2 is 1.77 bits per heavy atom. The molecule has 4 rings (SSSR count). The fourth-order valence-corrected chi connectivity index (χ4v) is 2.94. The van der Waals surface area contributed by atoms with Crippen LogP contribution in [0.3, 0.4) is 0 Å². The molecule has 0 amide bonds. The third kappa shape index (κ3) is 3.26. The lowest BCUT2D eigenvalue weighted by Crippen LogP contribution is -2.06. The zero-order chi connectivity index (χ0) is 18.1. The molecule has 1 aromatic heterocycles. The molecule has 0 N–H and O–H groups in total. The van der Waals surface area contributed by atoms with Crippen LogP contribution in [0.4, 0.5) is 0 Å². The van der Waals surface area contributed by atoms with E-state index in [2.05, 4.69) is 20.9 Å². The van der Waals surface area contributed by atoms with Crippen LogP contribution in [0.15, 0.2) is 80.2 Å². The first-order valence-corrected chi connectivity index (χ1v) is 8.84. The van der Waals surface area contributed by atoms with Gasteiger partial charge in [0.1, 0.15) is 11.5 Å². The fraction of sp³-hybridized carbons (Fsp3) is 0.0476. The molecule has 2 aromatic carbocycles. The second kappa shape index (κ2) is 6.77. The number of carbonyl (C=O) groups excluding carboxylic acids is 1. The number of hydrogen-bond donors (Lipinski definition) is 0. The second-order valence-corrected chi connectivity index (χ2v) is 6.78. The largest absolute Gasteiger partial charge is 0.457 e. The fourth-order valence-electron chi connectivity index (χ4n) is 2.67. The molecule has 0 radical (unpaired) electrons. The summed E-state index contributed by atoms with van der Waals surface area (Å²) in [5, 5.41) is 0.